The van der Waals surface area contributed by atoms with Crippen molar-refractivity contribution < 1.29 is 19.5 Å². The van der Waals surface area contributed by atoms with E-state index in [1.165, 1.54) is 14.1 Å². The molecule has 4 amide bonds. The number of carbonyl (C=O) groups is 3. The highest BCUT2D eigenvalue weighted by Gasteiger charge is 2.32. The van der Waals surface area contributed by atoms with Crippen LogP contribution >= 0.6 is 0 Å². The van der Waals surface area contributed by atoms with Crippen molar-refractivity contribution in [2.24, 2.45) is 7.05 Å². The second-order valence-corrected chi connectivity index (χ2v) is 4.60. The molecule has 1 aromatic rings. The van der Waals surface area contributed by atoms with E-state index in [9.17, 15) is 29.1 Å². The molecule has 0 radical (unpaired) electrons. The number of likely N-dealkylation sites (N-methyl/N-ethyl adjacent to an activating group) is 1. The van der Waals surface area contributed by atoms with Crippen LogP contribution in [-0.4, -0.2) is 39.3 Å². The number of rotatable bonds is 2. The van der Waals surface area contributed by atoms with E-state index in [-0.39, 0.29) is 11.1 Å². The normalized spacial score (nSPS) is 17.2. The summed E-state index contributed by atoms with van der Waals surface area (Å²) >= 11 is 0. The fourth-order valence-corrected chi connectivity index (χ4v) is 1.77. The maximum atomic E-state index is 11.8. The lowest BCUT2D eigenvalue weighted by Gasteiger charge is -2.21. The van der Waals surface area contributed by atoms with Crippen LogP contribution in [0.2, 0.25) is 0 Å². The lowest BCUT2D eigenvalue weighted by molar-refractivity contribution is -0.279. The molecule has 0 saturated carbocycles. The van der Waals surface area contributed by atoms with E-state index in [0.29, 0.717) is 9.47 Å². The number of amides is 4. The van der Waals surface area contributed by atoms with E-state index >= 15 is 0 Å². The second-order valence-electron chi connectivity index (χ2n) is 4.60. The molecule has 10 heteroatoms. The Hall–Kier alpha value is -3.43. The van der Waals surface area contributed by atoms with Crippen LogP contribution in [0.15, 0.2) is 27.3 Å². The fraction of sp³-hybridized carbons (Fsp3) is 0.154. The standard InChI is InChI=1S/C13H12N4O6/c1-16-10(20)6(8(18)14-12(16)22)4-3-5-7-9(19)15-13(23)17(2)11(7)21/h3-5,20H,1-2H3,(H,14,18,22)(H,15,19,23)/p-1. The minimum Gasteiger partial charge on any atom is -0.859 e. The molecule has 23 heavy (non-hydrogen) atoms. The zero-order chi connectivity index (χ0) is 17.3. The molecule has 0 spiro atoms. The Bertz CT molecular complexity index is 889. The van der Waals surface area contributed by atoms with E-state index in [1.807, 2.05) is 10.3 Å². The molecule has 1 aliphatic heterocycles. The smallest absolute Gasteiger partial charge is 0.331 e. The lowest BCUT2D eigenvalue weighted by Crippen LogP contribution is -2.52. The van der Waals surface area contributed by atoms with E-state index in [0.717, 1.165) is 18.2 Å². The van der Waals surface area contributed by atoms with Gasteiger partial charge in [-0.25, -0.2) is 9.59 Å². The first-order chi connectivity index (χ1) is 10.7. The first kappa shape index (κ1) is 15.9. The Labute approximate surface area is 128 Å². The maximum Gasteiger partial charge on any atom is 0.331 e. The number of barbiturate groups is 1. The summed E-state index contributed by atoms with van der Waals surface area (Å²) < 4.78 is 0.707. The summed E-state index contributed by atoms with van der Waals surface area (Å²) in [5, 5.41) is 13.7. The SMILES string of the molecule is CN1C(=O)NC(=O)C(=CC=Cc2c([O-])n(C)c(=O)[nH]c2=O)C1=O. The summed E-state index contributed by atoms with van der Waals surface area (Å²) in [7, 11) is 2.38. The number of imide groups is 2. The molecule has 2 N–H and O–H groups in total. The summed E-state index contributed by atoms with van der Waals surface area (Å²) in [6.07, 6.45) is 3.25. The first-order valence-corrected chi connectivity index (χ1v) is 6.26. The quantitative estimate of drug-likeness (QED) is 0.467. The number of nitrogens with zero attached hydrogens (tertiary/aromatic N) is 2. The van der Waals surface area contributed by atoms with Gasteiger partial charge < -0.3 is 9.67 Å². The van der Waals surface area contributed by atoms with E-state index in [1.54, 1.807) is 0 Å². The molecule has 120 valence electrons. The average molecular weight is 319 g/mol. The molecule has 2 rings (SSSR count). The molecule has 1 fully saturated rings. The highest BCUT2D eigenvalue weighted by atomic mass is 16.3. The fourth-order valence-electron chi connectivity index (χ4n) is 1.77. The van der Waals surface area contributed by atoms with Crippen LogP contribution in [0.5, 0.6) is 5.88 Å². The third-order valence-corrected chi connectivity index (χ3v) is 3.14. The topological polar surface area (TPSA) is 144 Å². The number of carbonyl (C=O) groups excluding carboxylic acids is 3. The van der Waals surface area contributed by atoms with Gasteiger partial charge in [0.05, 0.1) is 0 Å². The number of allylic oxidation sites excluding steroid dienone is 2. The lowest BCUT2D eigenvalue weighted by atomic mass is 10.1. The molecule has 0 aromatic carbocycles. The third-order valence-electron chi connectivity index (χ3n) is 3.14. The van der Waals surface area contributed by atoms with Crippen LogP contribution in [0, 0.1) is 0 Å². The highest BCUT2D eigenvalue weighted by Crippen LogP contribution is 2.10. The third kappa shape index (κ3) is 2.81. The van der Waals surface area contributed by atoms with E-state index in [2.05, 4.69) is 0 Å². The Morgan fingerprint density at radius 3 is 2.39 bits per heavy atom. The molecule has 1 aliphatic rings. The summed E-state index contributed by atoms with van der Waals surface area (Å²) in [4.78, 5) is 60.0. The average Bonchev–Trinajstić information content (AvgIpc) is 2.49. The minimum absolute atomic E-state index is 0.336. The van der Waals surface area contributed by atoms with Gasteiger partial charge in [0.2, 0.25) is 0 Å². The van der Waals surface area contributed by atoms with Crippen molar-refractivity contribution in [3.05, 3.63) is 44.1 Å². The molecule has 2 heterocycles. The van der Waals surface area contributed by atoms with Crippen LogP contribution in [0.25, 0.3) is 6.08 Å². The van der Waals surface area contributed by atoms with Crippen molar-refractivity contribution in [2.45, 2.75) is 0 Å². The van der Waals surface area contributed by atoms with Gasteiger partial charge in [-0.15, -0.1) is 0 Å². The molecular weight excluding hydrogens is 308 g/mol. The Morgan fingerprint density at radius 1 is 1.09 bits per heavy atom. The van der Waals surface area contributed by atoms with Crippen LogP contribution < -0.4 is 21.7 Å². The number of hydrogen-bond donors (Lipinski definition) is 2. The van der Waals surface area contributed by atoms with Gasteiger partial charge in [0.1, 0.15) is 5.57 Å². The van der Waals surface area contributed by atoms with Gasteiger partial charge in [-0.05, 0) is 18.0 Å². The molecule has 0 aliphatic carbocycles. The minimum atomic E-state index is -0.889. The summed E-state index contributed by atoms with van der Waals surface area (Å²) in [5.41, 5.74) is -2.41. The van der Waals surface area contributed by atoms with Crippen LogP contribution in [0.3, 0.4) is 0 Å². The number of aromatic amines is 1. The Morgan fingerprint density at radius 2 is 1.74 bits per heavy atom. The van der Waals surface area contributed by atoms with Crippen LogP contribution in [0.4, 0.5) is 4.79 Å². The van der Waals surface area contributed by atoms with Crippen LogP contribution in [0.1, 0.15) is 5.56 Å². The number of aromatic nitrogens is 2. The zero-order valence-electron chi connectivity index (χ0n) is 12.1. The highest BCUT2D eigenvalue weighted by molar-refractivity contribution is 6.28. The van der Waals surface area contributed by atoms with Crippen molar-refractivity contribution >= 4 is 23.9 Å². The van der Waals surface area contributed by atoms with Crippen molar-refractivity contribution in [1.82, 2.24) is 19.8 Å². The molecule has 0 atom stereocenters. The summed E-state index contributed by atoms with van der Waals surface area (Å²) in [5.74, 6) is -2.53. The van der Waals surface area contributed by atoms with Gasteiger partial charge in [-0.3, -0.25) is 29.6 Å². The molecule has 1 aromatic heterocycles. The van der Waals surface area contributed by atoms with Crippen molar-refractivity contribution in [3.63, 3.8) is 0 Å². The molecule has 0 bridgehead atoms. The predicted molar refractivity (Wildman–Crippen MR) is 75.2 cm³/mol. The predicted octanol–water partition coefficient (Wildman–Crippen LogP) is -2.20. The van der Waals surface area contributed by atoms with Gasteiger partial charge in [0, 0.05) is 19.7 Å². The summed E-state index contributed by atoms with van der Waals surface area (Å²) in [6.45, 7) is 0. The number of urea groups is 1. The Kier molecular flexibility index (Phi) is 3.99. The number of hydrogen-bond acceptors (Lipinski definition) is 6. The van der Waals surface area contributed by atoms with E-state index < -0.39 is 35.0 Å². The van der Waals surface area contributed by atoms with Crippen molar-refractivity contribution in [1.29, 1.82) is 0 Å². The van der Waals surface area contributed by atoms with Crippen LogP contribution in [-0.2, 0) is 16.6 Å². The van der Waals surface area contributed by atoms with Gasteiger partial charge >= 0.3 is 11.7 Å². The Balaban J connectivity index is 2.39. The zero-order valence-corrected chi connectivity index (χ0v) is 12.1. The van der Waals surface area contributed by atoms with Gasteiger partial charge in [-0.1, -0.05) is 6.08 Å². The monoisotopic (exact) mass is 319 g/mol. The van der Waals surface area contributed by atoms with Crippen molar-refractivity contribution in [3.8, 4) is 5.88 Å². The number of H-pyrrole nitrogens is 1. The van der Waals surface area contributed by atoms with Gasteiger partial charge in [0.15, 0.2) is 0 Å². The second kappa shape index (κ2) is 5.75. The maximum absolute atomic E-state index is 11.8. The summed E-state index contributed by atoms with van der Waals surface area (Å²) in [6, 6.07) is -0.850. The van der Waals surface area contributed by atoms with Gasteiger partial charge in [-0.2, -0.15) is 0 Å². The molecule has 0 unspecified atom stereocenters. The van der Waals surface area contributed by atoms with E-state index in [4.69, 9.17) is 0 Å². The first-order valence-electron chi connectivity index (χ1n) is 6.26. The largest absolute Gasteiger partial charge is 0.859 e. The molecule has 1 saturated heterocycles. The molecular formula is C13H11N4O6-. The molecule has 10 nitrogen and oxygen atoms in total. The van der Waals surface area contributed by atoms with Gasteiger partial charge in [0.25, 0.3) is 17.4 Å². The number of nitrogens with one attached hydrogen (secondary N) is 2. The van der Waals surface area contributed by atoms with Crippen molar-refractivity contribution in [2.75, 3.05) is 7.05 Å².